The monoisotopic (exact) mass is 428 g/mol. The third kappa shape index (κ3) is 7.87. The first-order valence-electron chi connectivity index (χ1n) is 11.1. The van der Waals surface area contributed by atoms with Crippen LogP contribution in [0.2, 0.25) is 0 Å². The van der Waals surface area contributed by atoms with Gasteiger partial charge in [-0.15, -0.1) is 0 Å². The second kappa shape index (κ2) is 11.1. The summed E-state index contributed by atoms with van der Waals surface area (Å²) in [6.07, 6.45) is 2.72. The maximum absolute atomic E-state index is 13.1. The van der Waals surface area contributed by atoms with Crippen LogP contribution in [0.3, 0.4) is 0 Å². The van der Waals surface area contributed by atoms with Crippen LogP contribution in [0.15, 0.2) is 30.3 Å². The highest BCUT2D eigenvalue weighted by Gasteiger charge is 2.37. The second-order valence-corrected chi connectivity index (χ2v) is 9.30. The molecule has 0 aliphatic carbocycles. The SMILES string of the molecule is CCC(C)(C)CC[C@H](NC(=O)OCc1ccccc1)C(=O)NC1(C#N)CCN(C)CC1. The third-order valence-corrected chi connectivity index (χ3v) is 6.31. The minimum atomic E-state index is -0.891. The molecular formula is C24H36N4O3. The van der Waals surface area contributed by atoms with Crippen molar-refractivity contribution in [2.24, 2.45) is 5.41 Å². The number of nitrogens with one attached hydrogen (secondary N) is 2. The zero-order valence-electron chi connectivity index (χ0n) is 19.2. The maximum atomic E-state index is 13.1. The van der Waals surface area contributed by atoms with Crippen molar-refractivity contribution >= 4 is 12.0 Å². The van der Waals surface area contributed by atoms with E-state index in [2.05, 4.69) is 42.4 Å². The average molecular weight is 429 g/mol. The first-order valence-corrected chi connectivity index (χ1v) is 11.1. The predicted molar refractivity (Wildman–Crippen MR) is 120 cm³/mol. The van der Waals surface area contributed by atoms with E-state index in [4.69, 9.17) is 4.74 Å². The number of hydrogen-bond donors (Lipinski definition) is 2. The minimum absolute atomic E-state index is 0.0502. The molecule has 31 heavy (non-hydrogen) atoms. The van der Waals surface area contributed by atoms with Gasteiger partial charge in [0.2, 0.25) is 5.91 Å². The number of carbonyl (C=O) groups is 2. The summed E-state index contributed by atoms with van der Waals surface area (Å²) in [5.74, 6) is -0.324. The summed E-state index contributed by atoms with van der Waals surface area (Å²) in [5.41, 5.74) is 0.0346. The lowest BCUT2D eigenvalue weighted by molar-refractivity contribution is -0.125. The Bertz CT molecular complexity index is 765. The Morgan fingerprint density at radius 3 is 2.48 bits per heavy atom. The molecular weight excluding hydrogens is 392 g/mol. The van der Waals surface area contributed by atoms with E-state index in [0.29, 0.717) is 19.3 Å². The molecule has 7 heteroatoms. The van der Waals surface area contributed by atoms with E-state index in [1.54, 1.807) is 0 Å². The number of amides is 2. The van der Waals surface area contributed by atoms with Crippen LogP contribution in [0.4, 0.5) is 4.79 Å². The molecule has 2 N–H and O–H groups in total. The lowest BCUT2D eigenvalue weighted by Crippen LogP contribution is -2.58. The van der Waals surface area contributed by atoms with Gasteiger partial charge >= 0.3 is 6.09 Å². The molecule has 2 amide bonds. The number of piperidine rings is 1. The molecule has 1 heterocycles. The fraction of sp³-hybridized carbons (Fsp3) is 0.625. The second-order valence-electron chi connectivity index (χ2n) is 9.30. The fourth-order valence-corrected chi connectivity index (χ4v) is 3.48. The topological polar surface area (TPSA) is 94.5 Å². The number of ether oxygens (including phenoxy) is 1. The molecule has 0 aromatic heterocycles. The maximum Gasteiger partial charge on any atom is 0.408 e. The van der Waals surface area contributed by atoms with Gasteiger partial charge in [-0.3, -0.25) is 4.79 Å². The number of hydrogen-bond acceptors (Lipinski definition) is 5. The van der Waals surface area contributed by atoms with Crippen molar-refractivity contribution in [1.29, 1.82) is 5.26 Å². The molecule has 1 saturated heterocycles. The first-order chi connectivity index (χ1) is 14.7. The normalized spacial score (nSPS) is 17.3. The van der Waals surface area contributed by atoms with Gasteiger partial charge in [-0.25, -0.2) is 4.79 Å². The van der Waals surface area contributed by atoms with E-state index in [9.17, 15) is 14.9 Å². The Morgan fingerprint density at radius 2 is 1.90 bits per heavy atom. The van der Waals surface area contributed by atoms with E-state index in [-0.39, 0.29) is 17.9 Å². The summed E-state index contributed by atoms with van der Waals surface area (Å²) in [6.45, 7) is 8.02. The first kappa shape index (κ1) is 24.7. The van der Waals surface area contributed by atoms with Gasteiger partial charge < -0.3 is 20.3 Å². The molecule has 1 fully saturated rings. The van der Waals surface area contributed by atoms with Gasteiger partial charge in [-0.05, 0) is 43.7 Å². The number of nitrogens with zero attached hydrogens (tertiary/aromatic N) is 2. The van der Waals surface area contributed by atoms with E-state index in [1.807, 2.05) is 37.4 Å². The largest absolute Gasteiger partial charge is 0.445 e. The standard InChI is InChI=1S/C24H36N4O3/c1-5-23(2,3)12-11-20(26-22(30)31-17-19-9-7-6-8-10-19)21(29)27-24(18-25)13-15-28(4)16-14-24/h6-10,20H,5,11-17H2,1-4H3,(H,26,30)(H,27,29)/t20-/m0/s1. The van der Waals surface area contributed by atoms with Crippen molar-refractivity contribution in [2.45, 2.75) is 71.1 Å². The zero-order valence-corrected chi connectivity index (χ0v) is 19.2. The highest BCUT2D eigenvalue weighted by atomic mass is 16.5. The van der Waals surface area contributed by atoms with Gasteiger partial charge in [-0.2, -0.15) is 5.26 Å². The van der Waals surface area contributed by atoms with Gasteiger partial charge in [0.05, 0.1) is 6.07 Å². The van der Waals surface area contributed by atoms with Crippen molar-refractivity contribution in [2.75, 3.05) is 20.1 Å². The summed E-state index contributed by atoms with van der Waals surface area (Å²) in [4.78, 5) is 27.7. The number of rotatable bonds is 9. The summed E-state index contributed by atoms with van der Waals surface area (Å²) < 4.78 is 5.32. The van der Waals surface area contributed by atoms with Crippen LogP contribution in [0.1, 0.15) is 58.4 Å². The molecule has 1 aliphatic heterocycles. The van der Waals surface area contributed by atoms with Crippen LogP contribution in [-0.4, -0.2) is 48.6 Å². The molecule has 1 aromatic carbocycles. The molecule has 170 valence electrons. The molecule has 0 spiro atoms. The Labute approximate surface area is 186 Å². The van der Waals surface area contributed by atoms with Crippen LogP contribution >= 0.6 is 0 Å². The highest BCUT2D eigenvalue weighted by Crippen LogP contribution is 2.27. The van der Waals surface area contributed by atoms with Crippen LogP contribution in [0, 0.1) is 16.7 Å². The molecule has 0 saturated carbocycles. The summed E-state index contributed by atoms with van der Waals surface area (Å²) in [5, 5.41) is 15.4. The number of carbonyl (C=O) groups excluding carboxylic acids is 2. The van der Waals surface area contributed by atoms with E-state index >= 15 is 0 Å². The Hall–Kier alpha value is -2.59. The fourth-order valence-electron chi connectivity index (χ4n) is 3.48. The van der Waals surface area contributed by atoms with E-state index < -0.39 is 17.7 Å². The van der Waals surface area contributed by atoms with Gasteiger partial charge in [0.25, 0.3) is 0 Å². The van der Waals surface area contributed by atoms with Crippen molar-refractivity contribution in [3.05, 3.63) is 35.9 Å². The number of alkyl carbamates (subject to hydrolysis) is 1. The molecule has 0 bridgehead atoms. The van der Waals surface area contributed by atoms with Crippen molar-refractivity contribution in [3.8, 4) is 6.07 Å². The van der Waals surface area contributed by atoms with Crippen molar-refractivity contribution in [1.82, 2.24) is 15.5 Å². The van der Waals surface area contributed by atoms with Crippen LogP contribution in [-0.2, 0) is 16.1 Å². The van der Waals surface area contributed by atoms with Gasteiger partial charge in [0.15, 0.2) is 0 Å². The highest BCUT2D eigenvalue weighted by molar-refractivity contribution is 5.86. The molecule has 0 unspecified atom stereocenters. The third-order valence-electron chi connectivity index (χ3n) is 6.31. The molecule has 2 rings (SSSR count). The summed E-state index contributed by atoms with van der Waals surface area (Å²) in [7, 11) is 2.00. The van der Waals surface area contributed by atoms with Crippen molar-refractivity contribution < 1.29 is 14.3 Å². The number of likely N-dealkylation sites (tertiary alicyclic amines) is 1. The minimum Gasteiger partial charge on any atom is -0.445 e. The van der Waals surface area contributed by atoms with Crippen LogP contribution in [0.5, 0.6) is 0 Å². The molecule has 1 aromatic rings. The Kier molecular flexibility index (Phi) is 8.88. The lowest BCUT2D eigenvalue weighted by atomic mass is 9.83. The van der Waals surface area contributed by atoms with Gasteiger partial charge in [0, 0.05) is 13.1 Å². The van der Waals surface area contributed by atoms with Gasteiger partial charge in [-0.1, -0.05) is 57.5 Å². The van der Waals surface area contributed by atoms with Crippen LogP contribution in [0.25, 0.3) is 0 Å². The lowest BCUT2D eigenvalue weighted by Gasteiger charge is -2.37. The molecule has 1 aliphatic rings. The zero-order chi connectivity index (χ0) is 22.9. The van der Waals surface area contributed by atoms with Gasteiger partial charge in [0.1, 0.15) is 18.2 Å². The summed E-state index contributed by atoms with van der Waals surface area (Å²) in [6, 6.07) is 11.0. The van der Waals surface area contributed by atoms with Crippen molar-refractivity contribution in [3.63, 3.8) is 0 Å². The Morgan fingerprint density at radius 1 is 1.26 bits per heavy atom. The van der Waals surface area contributed by atoms with E-state index in [0.717, 1.165) is 31.5 Å². The molecule has 7 nitrogen and oxygen atoms in total. The smallest absolute Gasteiger partial charge is 0.408 e. The number of nitriles is 1. The molecule has 1 atom stereocenters. The quantitative estimate of drug-likeness (QED) is 0.627. The predicted octanol–water partition coefficient (Wildman–Crippen LogP) is 3.60. The number of benzene rings is 1. The summed E-state index contributed by atoms with van der Waals surface area (Å²) >= 11 is 0. The van der Waals surface area contributed by atoms with E-state index in [1.165, 1.54) is 0 Å². The average Bonchev–Trinajstić information content (AvgIpc) is 2.77. The molecule has 0 radical (unpaired) electrons. The Balaban J connectivity index is 2.03. The van der Waals surface area contributed by atoms with Crippen LogP contribution < -0.4 is 10.6 Å².